The van der Waals surface area contributed by atoms with Crippen molar-refractivity contribution in [2.24, 2.45) is 0 Å². The summed E-state index contributed by atoms with van der Waals surface area (Å²) in [6.07, 6.45) is 0. The molecule has 0 saturated heterocycles. The normalized spacial score (nSPS) is 11.2. The zero-order chi connectivity index (χ0) is 18.6. The van der Waals surface area contributed by atoms with Gasteiger partial charge in [-0.1, -0.05) is 12.1 Å². The quantitative estimate of drug-likeness (QED) is 0.856. The van der Waals surface area contributed by atoms with Gasteiger partial charge in [-0.3, -0.25) is 9.52 Å². The fourth-order valence-electron chi connectivity index (χ4n) is 2.50. The van der Waals surface area contributed by atoms with E-state index in [0.29, 0.717) is 24.3 Å². The van der Waals surface area contributed by atoms with E-state index in [1.54, 1.807) is 47.4 Å². The Bertz CT molecular complexity index is 872. The standard InChI is InChI=1S/C19H24N2O3S/c1-5-21(6-2)19(22)16-8-7-9-17(13-16)20-25(23,24)18-11-10-14(3)15(4)12-18/h7-13,20H,5-6H2,1-4H3. The minimum Gasteiger partial charge on any atom is -0.339 e. The number of anilines is 1. The molecular formula is C19H24N2O3S. The number of hydrogen-bond acceptors (Lipinski definition) is 3. The molecule has 0 aliphatic heterocycles. The van der Waals surface area contributed by atoms with Gasteiger partial charge in [-0.15, -0.1) is 0 Å². The highest BCUT2D eigenvalue weighted by Gasteiger charge is 2.17. The number of carbonyl (C=O) groups excluding carboxylic acids is 1. The topological polar surface area (TPSA) is 66.5 Å². The summed E-state index contributed by atoms with van der Waals surface area (Å²) < 4.78 is 27.7. The third-order valence-electron chi connectivity index (χ3n) is 4.20. The molecule has 2 aromatic rings. The number of nitrogens with one attached hydrogen (secondary N) is 1. The lowest BCUT2D eigenvalue weighted by molar-refractivity contribution is 0.0773. The molecule has 134 valence electrons. The number of nitrogens with zero attached hydrogens (tertiary/aromatic N) is 1. The van der Waals surface area contributed by atoms with Crippen LogP contribution in [0, 0.1) is 13.8 Å². The van der Waals surface area contributed by atoms with E-state index < -0.39 is 10.0 Å². The van der Waals surface area contributed by atoms with E-state index in [1.165, 1.54) is 0 Å². The van der Waals surface area contributed by atoms with Crippen molar-refractivity contribution >= 4 is 21.6 Å². The largest absolute Gasteiger partial charge is 0.339 e. The zero-order valence-electron chi connectivity index (χ0n) is 15.0. The van der Waals surface area contributed by atoms with Crippen LogP contribution in [0.1, 0.15) is 35.3 Å². The van der Waals surface area contributed by atoms with Crippen LogP contribution in [-0.2, 0) is 10.0 Å². The number of amides is 1. The highest BCUT2D eigenvalue weighted by atomic mass is 32.2. The van der Waals surface area contributed by atoms with Crippen LogP contribution in [0.2, 0.25) is 0 Å². The van der Waals surface area contributed by atoms with Gasteiger partial charge < -0.3 is 4.90 Å². The molecule has 0 aliphatic rings. The lowest BCUT2D eigenvalue weighted by atomic mass is 10.1. The molecule has 1 N–H and O–H groups in total. The summed E-state index contributed by atoms with van der Waals surface area (Å²) in [7, 11) is -3.70. The maximum atomic E-state index is 12.6. The molecule has 0 aromatic heterocycles. The fourth-order valence-corrected chi connectivity index (χ4v) is 3.64. The summed E-state index contributed by atoms with van der Waals surface area (Å²) in [4.78, 5) is 14.3. The number of aryl methyl sites for hydroxylation is 2. The predicted octanol–water partition coefficient (Wildman–Crippen LogP) is 3.59. The molecule has 2 aromatic carbocycles. The van der Waals surface area contributed by atoms with Gasteiger partial charge in [0.15, 0.2) is 0 Å². The summed E-state index contributed by atoms with van der Waals surface area (Å²) in [5.41, 5.74) is 2.78. The number of rotatable bonds is 6. The van der Waals surface area contributed by atoms with Crippen molar-refractivity contribution in [1.82, 2.24) is 4.90 Å². The average Bonchev–Trinajstić information content (AvgIpc) is 2.58. The monoisotopic (exact) mass is 360 g/mol. The van der Waals surface area contributed by atoms with Gasteiger partial charge in [0.2, 0.25) is 0 Å². The maximum Gasteiger partial charge on any atom is 0.261 e. The van der Waals surface area contributed by atoms with E-state index in [9.17, 15) is 13.2 Å². The van der Waals surface area contributed by atoms with Crippen molar-refractivity contribution in [1.29, 1.82) is 0 Å². The third kappa shape index (κ3) is 4.39. The van der Waals surface area contributed by atoms with Crippen LogP contribution >= 0.6 is 0 Å². The summed E-state index contributed by atoms with van der Waals surface area (Å²) in [5, 5.41) is 0. The average molecular weight is 360 g/mol. The Balaban J connectivity index is 2.29. The predicted molar refractivity (Wildman–Crippen MR) is 100 cm³/mol. The van der Waals surface area contributed by atoms with E-state index in [-0.39, 0.29) is 10.8 Å². The van der Waals surface area contributed by atoms with E-state index in [2.05, 4.69) is 4.72 Å². The maximum absolute atomic E-state index is 12.6. The van der Waals surface area contributed by atoms with Crippen LogP contribution in [0.15, 0.2) is 47.4 Å². The zero-order valence-corrected chi connectivity index (χ0v) is 15.9. The van der Waals surface area contributed by atoms with Gasteiger partial charge in [0, 0.05) is 24.3 Å². The van der Waals surface area contributed by atoms with E-state index in [0.717, 1.165) is 11.1 Å². The molecular weight excluding hydrogens is 336 g/mol. The first-order chi connectivity index (χ1) is 11.8. The van der Waals surface area contributed by atoms with Crippen molar-refractivity contribution in [2.75, 3.05) is 17.8 Å². The number of sulfonamides is 1. The van der Waals surface area contributed by atoms with Crippen molar-refractivity contribution in [3.8, 4) is 0 Å². The van der Waals surface area contributed by atoms with Gasteiger partial charge in [0.05, 0.1) is 4.90 Å². The van der Waals surface area contributed by atoms with Gasteiger partial charge >= 0.3 is 0 Å². The molecule has 0 spiro atoms. The minimum atomic E-state index is -3.70. The second kappa shape index (κ2) is 7.70. The van der Waals surface area contributed by atoms with E-state index in [4.69, 9.17) is 0 Å². The highest BCUT2D eigenvalue weighted by molar-refractivity contribution is 7.92. The first-order valence-corrected chi connectivity index (χ1v) is 9.76. The van der Waals surface area contributed by atoms with Crippen LogP contribution in [0.25, 0.3) is 0 Å². The first kappa shape index (κ1) is 19.0. The Morgan fingerprint density at radius 3 is 2.28 bits per heavy atom. The summed E-state index contributed by atoms with van der Waals surface area (Å²) in [5.74, 6) is -0.114. The number of hydrogen-bond donors (Lipinski definition) is 1. The molecule has 0 aliphatic carbocycles. The van der Waals surface area contributed by atoms with Gasteiger partial charge in [-0.05, 0) is 69.2 Å². The fraction of sp³-hybridized carbons (Fsp3) is 0.316. The Morgan fingerprint density at radius 2 is 1.68 bits per heavy atom. The Hall–Kier alpha value is -2.34. The van der Waals surface area contributed by atoms with E-state index >= 15 is 0 Å². The smallest absolute Gasteiger partial charge is 0.261 e. The van der Waals surface area contributed by atoms with Gasteiger partial charge in [-0.2, -0.15) is 0 Å². The molecule has 0 atom stereocenters. The second-order valence-corrected chi connectivity index (χ2v) is 7.59. The Morgan fingerprint density at radius 1 is 1.00 bits per heavy atom. The third-order valence-corrected chi connectivity index (χ3v) is 5.58. The molecule has 1 amide bonds. The van der Waals surface area contributed by atoms with Crippen molar-refractivity contribution in [2.45, 2.75) is 32.6 Å². The van der Waals surface area contributed by atoms with Crippen molar-refractivity contribution < 1.29 is 13.2 Å². The van der Waals surface area contributed by atoms with Crippen LogP contribution in [-0.4, -0.2) is 32.3 Å². The molecule has 25 heavy (non-hydrogen) atoms. The summed E-state index contributed by atoms with van der Waals surface area (Å²) >= 11 is 0. The molecule has 6 heteroatoms. The van der Waals surface area contributed by atoms with Crippen LogP contribution < -0.4 is 4.72 Å². The number of carbonyl (C=O) groups is 1. The Labute approximate surface area is 149 Å². The second-order valence-electron chi connectivity index (χ2n) is 5.91. The van der Waals surface area contributed by atoms with Crippen molar-refractivity contribution in [3.63, 3.8) is 0 Å². The van der Waals surface area contributed by atoms with Crippen LogP contribution in [0.3, 0.4) is 0 Å². The number of benzene rings is 2. The lowest BCUT2D eigenvalue weighted by Gasteiger charge is -2.19. The van der Waals surface area contributed by atoms with Crippen molar-refractivity contribution in [3.05, 3.63) is 59.2 Å². The molecule has 0 fully saturated rings. The SMILES string of the molecule is CCN(CC)C(=O)c1cccc(NS(=O)(=O)c2ccc(C)c(C)c2)c1. The minimum absolute atomic E-state index is 0.114. The van der Waals surface area contributed by atoms with E-state index in [1.807, 2.05) is 27.7 Å². The molecule has 2 rings (SSSR count). The van der Waals surface area contributed by atoms with Gasteiger partial charge in [-0.25, -0.2) is 8.42 Å². The molecule has 0 heterocycles. The lowest BCUT2D eigenvalue weighted by Crippen LogP contribution is -2.30. The molecule has 5 nitrogen and oxygen atoms in total. The molecule has 0 bridgehead atoms. The Kier molecular flexibility index (Phi) is 5.85. The molecule has 0 saturated carbocycles. The van der Waals surface area contributed by atoms with Crippen LogP contribution in [0.4, 0.5) is 5.69 Å². The van der Waals surface area contributed by atoms with Crippen LogP contribution in [0.5, 0.6) is 0 Å². The summed E-state index contributed by atoms with van der Waals surface area (Å²) in [6, 6.07) is 11.6. The summed E-state index contributed by atoms with van der Waals surface area (Å²) in [6.45, 7) is 8.84. The molecule has 0 radical (unpaired) electrons. The van der Waals surface area contributed by atoms with Gasteiger partial charge in [0.1, 0.15) is 0 Å². The molecule has 0 unspecified atom stereocenters. The van der Waals surface area contributed by atoms with Gasteiger partial charge in [0.25, 0.3) is 15.9 Å². The first-order valence-electron chi connectivity index (χ1n) is 8.28. The highest BCUT2D eigenvalue weighted by Crippen LogP contribution is 2.20.